The number of benzene rings is 2. The molecule has 0 radical (unpaired) electrons. The van der Waals surface area contributed by atoms with Gasteiger partial charge >= 0.3 is 11.9 Å². The van der Waals surface area contributed by atoms with Crippen LogP contribution in [-0.4, -0.2) is 11.9 Å². The van der Waals surface area contributed by atoms with Crippen molar-refractivity contribution < 1.29 is 23.5 Å². The van der Waals surface area contributed by atoms with E-state index in [4.69, 9.17) is 13.9 Å². The van der Waals surface area contributed by atoms with Crippen LogP contribution in [0.3, 0.4) is 0 Å². The van der Waals surface area contributed by atoms with Gasteiger partial charge in [-0.1, -0.05) is 31.4 Å². The topological polar surface area (TPSA) is 65.7 Å². The smallest absolute Gasteiger partial charge is 0.338 e. The molecule has 5 heteroatoms. The molecule has 0 aliphatic rings. The van der Waals surface area contributed by atoms with Gasteiger partial charge < -0.3 is 13.9 Å². The zero-order valence-corrected chi connectivity index (χ0v) is 17.4. The summed E-state index contributed by atoms with van der Waals surface area (Å²) in [6, 6.07) is 17.9. The summed E-state index contributed by atoms with van der Waals surface area (Å²) >= 11 is 0. The van der Waals surface area contributed by atoms with Gasteiger partial charge in [0.25, 0.3) is 0 Å². The van der Waals surface area contributed by atoms with Crippen LogP contribution < -0.4 is 9.47 Å². The van der Waals surface area contributed by atoms with Crippen molar-refractivity contribution in [2.75, 3.05) is 0 Å². The Labute approximate surface area is 180 Å². The molecular weight excluding hydrogens is 392 g/mol. The Bertz CT molecular complexity index is 1150. The van der Waals surface area contributed by atoms with Gasteiger partial charge in [0, 0.05) is 16.7 Å². The molecule has 1 aromatic heterocycles. The summed E-state index contributed by atoms with van der Waals surface area (Å²) < 4.78 is 16.2. The lowest BCUT2D eigenvalue weighted by molar-refractivity contribution is -0.130. The molecule has 0 saturated carbocycles. The first kappa shape index (κ1) is 21.6. The normalized spacial score (nSPS) is 10.6. The molecule has 0 fully saturated rings. The van der Waals surface area contributed by atoms with Gasteiger partial charge in [0.1, 0.15) is 23.0 Å². The fraction of sp³-hybridized carbons (Fsp3) is 0.0769. The van der Waals surface area contributed by atoms with Crippen LogP contribution in [0.4, 0.5) is 0 Å². The number of carbonyl (C=O) groups excluding carboxylic acids is 2. The molecule has 0 spiro atoms. The fourth-order valence-corrected chi connectivity index (χ4v) is 2.50. The van der Waals surface area contributed by atoms with E-state index in [0.29, 0.717) is 34.2 Å². The summed E-state index contributed by atoms with van der Waals surface area (Å²) in [5.41, 5.74) is 2.48. The lowest BCUT2D eigenvalue weighted by atomic mass is 10.1. The Hall–Kier alpha value is -4.12. The minimum atomic E-state index is -0.458. The van der Waals surface area contributed by atoms with Crippen molar-refractivity contribution in [3.63, 3.8) is 0 Å². The van der Waals surface area contributed by atoms with Crippen LogP contribution >= 0.6 is 0 Å². The van der Waals surface area contributed by atoms with E-state index in [1.54, 1.807) is 38.1 Å². The maximum atomic E-state index is 11.6. The number of rotatable bonds is 7. The predicted molar refractivity (Wildman–Crippen MR) is 120 cm³/mol. The van der Waals surface area contributed by atoms with Gasteiger partial charge in [-0.15, -0.1) is 0 Å². The SMILES string of the molecule is C=C(C)C(=O)Oc1ccc(C=Cc2ccc(-c3ccc(OC(=O)C(=C)C)cc3)o2)cc1. The van der Waals surface area contributed by atoms with Crippen molar-refractivity contribution in [2.45, 2.75) is 13.8 Å². The Balaban J connectivity index is 1.63. The van der Waals surface area contributed by atoms with Gasteiger partial charge in [-0.2, -0.15) is 0 Å². The highest BCUT2D eigenvalue weighted by Gasteiger charge is 2.08. The first-order chi connectivity index (χ1) is 14.8. The number of esters is 2. The monoisotopic (exact) mass is 414 g/mol. The molecule has 0 bridgehead atoms. The molecule has 0 unspecified atom stereocenters. The average Bonchev–Trinajstić information content (AvgIpc) is 3.22. The molecule has 1 heterocycles. The van der Waals surface area contributed by atoms with Crippen molar-refractivity contribution in [3.05, 3.63) is 96.3 Å². The second-order valence-electron chi connectivity index (χ2n) is 6.97. The van der Waals surface area contributed by atoms with Crippen LogP contribution in [0.2, 0.25) is 0 Å². The number of ether oxygens (including phenoxy) is 2. The minimum Gasteiger partial charge on any atom is -0.457 e. The summed E-state index contributed by atoms with van der Waals surface area (Å²) in [6.45, 7) is 10.3. The second kappa shape index (κ2) is 9.59. The van der Waals surface area contributed by atoms with E-state index in [0.717, 1.165) is 11.1 Å². The van der Waals surface area contributed by atoms with Crippen LogP contribution in [-0.2, 0) is 9.59 Å². The molecule has 156 valence electrons. The quantitative estimate of drug-likeness (QED) is 0.266. The van der Waals surface area contributed by atoms with Crippen LogP contribution in [0.15, 0.2) is 89.4 Å². The van der Waals surface area contributed by atoms with E-state index < -0.39 is 11.9 Å². The molecule has 3 aromatic rings. The standard InChI is InChI=1S/C26H22O5/c1-17(2)25(27)30-22-11-6-19(7-12-22)5-10-21-15-16-24(29-21)20-8-13-23(14-9-20)31-26(28)18(3)4/h5-16H,1,3H2,2,4H3. The molecule has 0 atom stereocenters. The summed E-state index contributed by atoms with van der Waals surface area (Å²) in [5, 5.41) is 0. The Morgan fingerprint density at radius 2 is 1.26 bits per heavy atom. The number of hydrogen-bond donors (Lipinski definition) is 0. The van der Waals surface area contributed by atoms with E-state index in [-0.39, 0.29) is 0 Å². The van der Waals surface area contributed by atoms with Crippen molar-refractivity contribution in [3.8, 4) is 22.8 Å². The lowest BCUT2D eigenvalue weighted by Gasteiger charge is -2.04. The first-order valence-corrected chi connectivity index (χ1v) is 9.55. The van der Waals surface area contributed by atoms with Gasteiger partial charge in [0.15, 0.2) is 0 Å². The lowest BCUT2D eigenvalue weighted by Crippen LogP contribution is -2.07. The van der Waals surface area contributed by atoms with Gasteiger partial charge in [-0.3, -0.25) is 0 Å². The molecule has 3 rings (SSSR count). The van der Waals surface area contributed by atoms with Crippen molar-refractivity contribution in [1.29, 1.82) is 0 Å². The average molecular weight is 414 g/mol. The van der Waals surface area contributed by atoms with Crippen LogP contribution in [0, 0.1) is 0 Å². The highest BCUT2D eigenvalue weighted by Crippen LogP contribution is 2.26. The fourth-order valence-electron chi connectivity index (χ4n) is 2.50. The molecule has 0 saturated heterocycles. The molecule has 0 aliphatic carbocycles. The minimum absolute atomic E-state index is 0.342. The van der Waals surface area contributed by atoms with Crippen LogP contribution in [0.1, 0.15) is 25.2 Å². The number of carbonyl (C=O) groups is 2. The van der Waals surface area contributed by atoms with Crippen LogP contribution in [0.5, 0.6) is 11.5 Å². The van der Waals surface area contributed by atoms with E-state index in [1.807, 2.05) is 48.6 Å². The van der Waals surface area contributed by atoms with Crippen molar-refractivity contribution >= 4 is 24.1 Å². The third-order valence-electron chi connectivity index (χ3n) is 4.20. The summed E-state index contributed by atoms with van der Waals surface area (Å²) in [6.07, 6.45) is 3.74. The molecule has 2 aromatic carbocycles. The molecule has 0 N–H and O–H groups in total. The summed E-state index contributed by atoms with van der Waals surface area (Å²) in [4.78, 5) is 23.1. The first-order valence-electron chi connectivity index (χ1n) is 9.55. The Morgan fingerprint density at radius 3 is 1.77 bits per heavy atom. The third kappa shape index (κ3) is 5.93. The molecule has 0 amide bonds. The highest BCUT2D eigenvalue weighted by molar-refractivity contribution is 5.89. The molecule has 5 nitrogen and oxygen atoms in total. The molecule has 0 aliphatic heterocycles. The molecular formula is C26H22O5. The second-order valence-corrected chi connectivity index (χ2v) is 6.97. The Kier molecular flexibility index (Phi) is 6.67. The van der Waals surface area contributed by atoms with Gasteiger partial charge in [-0.05, 0) is 74.0 Å². The zero-order chi connectivity index (χ0) is 22.4. The van der Waals surface area contributed by atoms with E-state index in [2.05, 4.69) is 13.2 Å². The zero-order valence-electron chi connectivity index (χ0n) is 17.4. The maximum absolute atomic E-state index is 11.6. The predicted octanol–water partition coefficient (Wildman–Crippen LogP) is 6.08. The number of hydrogen-bond acceptors (Lipinski definition) is 5. The third-order valence-corrected chi connectivity index (χ3v) is 4.20. The van der Waals surface area contributed by atoms with Crippen molar-refractivity contribution in [1.82, 2.24) is 0 Å². The van der Waals surface area contributed by atoms with Gasteiger partial charge in [0.05, 0.1) is 0 Å². The van der Waals surface area contributed by atoms with E-state index in [1.165, 1.54) is 0 Å². The summed E-state index contributed by atoms with van der Waals surface area (Å²) in [7, 11) is 0. The van der Waals surface area contributed by atoms with Crippen LogP contribution in [0.25, 0.3) is 23.5 Å². The summed E-state index contributed by atoms with van der Waals surface area (Å²) in [5.74, 6) is 1.38. The largest absolute Gasteiger partial charge is 0.457 e. The Morgan fingerprint density at radius 1 is 0.742 bits per heavy atom. The van der Waals surface area contributed by atoms with E-state index >= 15 is 0 Å². The highest BCUT2D eigenvalue weighted by atomic mass is 16.5. The maximum Gasteiger partial charge on any atom is 0.338 e. The van der Waals surface area contributed by atoms with E-state index in [9.17, 15) is 9.59 Å². The number of furan rings is 1. The van der Waals surface area contributed by atoms with Gasteiger partial charge in [0.2, 0.25) is 0 Å². The molecule has 31 heavy (non-hydrogen) atoms. The van der Waals surface area contributed by atoms with Gasteiger partial charge in [-0.25, -0.2) is 9.59 Å². The van der Waals surface area contributed by atoms with Crippen molar-refractivity contribution in [2.24, 2.45) is 0 Å².